The van der Waals surface area contributed by atoms with Gasteiger partial charge >= 0.3 is 0 Å². The van der Waals surface area contributed by atoms with Crippen molar-refractivity contribution in [3.8, 4) is 0 Å². The Morgan fingerprint density at radius 2 is 2.29 bits per heavy atom. The lowest BCUT2D eigenvalue weighted by molar-refractivity contribution is 0.101. The third-order valence-electron chi connectivity index (χ3n) is 2.41. The molecule has 4 nitrogen and oxygen atoms in total. The van der Waals surface area contributed by atoms with Crippen molar-refractivity contribution in [1.29, 1.82) is 0 Å². The average Bonchev–Trinajstić information content (AvgIpc) is 2.81. The number of nitrogens with zero attached hydrogens (tertiary/aromatic N) is 3. The largest absolute Gasteiger partial charge is 0.353 e. The number of carbonyl (C=O) groups excluding carboxylic acids is 1. The van der Waals surface area contributed by atoms with Gasteiger partial charge in [-0.2, -0.15) is 0 Å². The van der Waals surface area contributed by atoms with Gasteiger partial charge < -0.3 is 4.90 Å². The number of Topliss-reactive ketones (excluding diaryl/α,β-unsaturated/α-hetero) is 1. The molecule has 0 saturated heterocycles. The highest BCUT2D eigenvalue weighted by molar-refractivity contribution is 7.07. The standard InChI is InChI=1S/C12H13N3OS/c1-9(16)11-4-3-5-13-12(11)15(2)6-10-7-17-8-14-10/h3-5,7-8H,6H2,1-2H3. The zero-order chi connectivity index (χ0) is 12.3. The summed E-state index contributed by atoms with van der Waals surface area (Å²) in [5.74, 6) is 0.728. The highest BCUT2D eigenvalue weighted by Crippen LogP contribution is 2.18. The van der Waals surface area contributed by atoms with E-state index >= 15 is 0 Å². The van der Waals surface area contributed by atoms with E-state index < -0.39 is 0 Å². The minimum absolute atomic E-state index is 0.0261. The van der Waals surface area contributed by atoms with Crippen LogP contribution >= 0.6 is 11.3 Å². The molecule has 88 valence electrons. The number of aromatic nitrogens is 2. The van der Waals surface area contributed by atoms with Gasteiger partial charge in [-0.05, 0) is 19.1 Å². The van der Waals surface area contributed by atoms with Gasteiger partial charge in [0.2, 0.25) is 0 Å². The number of hydrogen-bond donors (Lipinski definition) is 0. The number of carbonyl (C=O) groups is 1. The molecule has 0 bridgehead atoms. The SMILES string of the molecule is CC(=O)c1cccnc1N(C)Cc1cscn1. The minimum atomic E-state index is 0.0261. The zero-order valence-corrected chi connectivity index (χ0v) is 10.6. The van der Waals surface area contributed by atoms with Crippen LogP contribution in [0.4, 0.5) is 5.82 Å². The van der Waals surface area contributed by atoms with Crippen molar-refractivity contribution in [3.63, 3.8) is 0 Å². The summed E-state index contributed by atoms with van der Waals surface area (Å²) in [5, 5.41) is 1.99. The maximum Gasteiger partial charge on any atom is 0.163 e. The van der Waals surface area contributed by atoms with Crippen LogP contribution in [0.5, 0.6) is 0 Å². The van der Waals surface area contributed by atoms with Gasteiger partial charge in [0.1, 0.15) is 5.82 Å². The molecule has 0 aliphatic carbocycles. The molecular formula is C12H13N3OS. The molecule has 2 heterocycles. The van der Waals surface area contributed by atoms with E-state index in [2.05, 4.69) is 9.97 Å². The van der Waals surface area contributed by atoms with E-state index in [0.29, 0.717) is 17.9 Å². The van der Waals surface area contributed by atoms with Gasteiger partial charge in [0.25, 0.3) is 0 Å². The molecule has 2 aromatic heterocycles. The van der Waals surface area contributed by atoms with Crippen molar-refractivity contribution in [2.75, 3.05) is 11.9 Å². The predicted molar refractivity (Wildman–Crippen MR) is 68.5 cm³/mol. The molecule has 0 unspecified atom stereocenters. The van der Waals surface area contributed by atoms with Gasteiger partial charge in [-0.15, -0.1) is 11.3 Å². The van der Waals surface area contributed by atoms with Crippen molar-refractivity contribution in [2.24, 2.45) is 0 Å². The normalized spacial score (nSPS) is 10.2. The first-order chi connectivity index (χ1) is 8.18. The summed E-state index contributed by atoms with van der Waals surface area (Å²) in [6.07, 6.45) is 1.69. The van der Waals surface area contributed by atoms with E-state index in [4.69, 9.17) is 0 Å². The molecule has 0 spiro atoms. The lowest BCUT2D eigenvalue weighted by Crippen LogP contribution is -2.20. The molecule has 0 amide bonds. The van der Waals surface area contributed by atoms with Crippen LogP contribution in [0.15, 0.2) is 29.2 Å². The molecule has 2 rings (SSSR count). The zero-order valence-electron chi connectivity index (χ0n) is 9.75. The fourth-order valence-electron chi connectivity index (χ4n) is 1.61. The minimum Gasteiger partial charge on any atom is -0.353 e. The summed E-state index contributed by atoms with van der Waals surface area (Å²) < 4.78 is 0. The van der Waals surface area contributed by atoms with E-state index in [1.165, 1.54) is 0 Å². The second-order valence-corrected chi connectivity index (χ2v) is 4.49. The van der Waals surface area contributed by atoms with Crippen molar-refractivity contribution in [2.45, 2.75) is 13.5 Å². The fraction of sp³-hybridized carbons (Fsp3) is 0.250. The monoisotopic (exact) mass is 247 g/mol. The highest BCUT2D eigenvalue weighted by atomic mass is 32.1. The van der Waals surface area contributed by atoms with E-state index in [0.717, 1.165) is 5.69 Å². The maximum absolute atomic E-state index is 11.5. The average molecular weight is 247 g/mol. The van der Waals surface area contributed by atoms with Crippen LogP contribution in [-0.4, -0.2) is 22.8 Å². The Morgan fingerprint density at radius 3 is 2.94 bits per heavy atom. The molecule has 17 heavy (non-hydrogen) atoms. The molecular weight excluding hydrogens is 234 g/mol. The van der Waals surface area contributed by atoms with Crippen LogP contribution in [-0.2, 0) is 6.54 Å². The molecule has 0 radical (unpaired) electrons. The predicted octanol–water partition coefficient (Wildman–Crippen LogP) is 2.38. The Morgan fingerprint density at radius 1 is 1.47 bits per heavy atom. The first-order valence-corrected chi connectivity index (χ1v) is 6.17. The van der Waals surface area contributed by atoms with Gasteiger partial charge in [0, 0.05) is 18.6 Å². The van der Waals surface area contributed by atoms with Crippen LogP contribution in [0.3, 0.4) is 0 Å². The summed E-state index contributed by atoms with van der Waals surface area (Å²) in [6, 6.07) is 3.57. The number of ketones is 1. The number of rotatable bonds is 4. The third kappa shape index (κ3) is 2.68. The number of hydrogen-bond acceptors (Lipinski definition) is 5. The topological polar surface area (TPSA) is 46.1 Å². The van der Waals surface area contributed by atoms with Gasteiger partial charge in [-0.1, -0.05) is 0 Å². The molecule has 0 atom stereocenters. The molecule has 0 fully saturated rings. The molecule has 0 N–H and O–H groups in total. The molecule has 0 saturated carbocycles. The maximum atomic E-state index is 11.5. The lowest BCUT2D eigenvalue weighted by atomic mass is 10.2. The summed E-state index contributed by atoms with van der Waals surface area (Å²) in [7, 11) is 1.91. The molecule has 2 aromatic rings. The Kier molecular flexibility index (Phi) is 3.49. The number of pyridine rings is 1. The van der Waals surface area contributed by atoms with Crippen LogP contribution in [0.2, 0.25) is 0 Å². The van der Waals surface area contributed by atoms with E-state index in [1.807, 2.05) is 17.3 Å². The highest BCUT2D eigenvalue weighted by Gasteiger charge is 2.12. The van der Waals surface area contributed by atoms with Crippen molar-refractivity contribution in [3.05, 3.63) is 40.5 Å². The first-order valence-electron chi connectivity index (χ1n) is 5.22. The molecule has 0 aliphatic rings. The quantitative estimate of drug-likeness (QED) is 0.778. The lowest BCUT2D eigenvalue weighted by Gasteiger charge is -2.19. The van der Waals surface area contributed by atoms with Crippen LogP contribution in [0, 0.1) is 0 Å². The van der Waals surface area contributed by atoms with Gasteiger partial charge in [-0.25, -0.2) is 9.97 Å². The molecule has 5 heteroatoms. The van der Waals surface area contributed by atoms with Crippen molar-refractivity contribution < 1.29 is 4.79 Å². The van der Waals surface area contributed by atoms with E-state index in [1.54, 1.807) is 42.1 Å². The summed E-state index contributed by atoms with van der Waals surface area (Å²) in [4.78, 5) is 21.9. The summed E-state index contributed by atoms with van der Waals surface area (Å²) in [6.45, 7) is 2.21. The fourth-order valence-corrected chi connectivity index (χ4v) is 2.16. The summed E-state index contributed by atoms with van der Waals surface area (Å²) in [5.41, 5.74) is 3.43. The van der Waals surface area contributed by atoms with E-state index in [9.17, 15) is 4.79 Å². The number of anilines is 1. The smallest absolute Gasteiger partial charge is 0.163 e. The Bertz CT molecular complexity index is 510. The van der Waals surface area contributed by atoms with Gasteiger partial charge in [0.05, 0.1) is 23.3 Å². The van der Waals surface area contributed by atoms with Gasteiger partial charge in [0.15, 0.2) is 5.78 Å². The Labute approximate surface area is 104 Å². The van der Waals surface area contributed by atoms with Crippen LogP contribution in [0.1, 0.15) is 23.0 Å². The van der Waals surface area contributed by atoms with Crippen LogP contribution in [0.25, 0.3) is 0 Å². The molecule has 0 aromatic carbocycles. The first kappa shape index (κ1) is 11.7. The van der Waals surface area contributed by atoms with Crippen LogP contribution < -0.4 is 4.90 Å². The Balaban J connectivity index is 2.24. The van der Waals surface area contributed by atoms with Crippen molar-refractivity contribution in [1.82, 2.24) is 9.97 Å². The second kappa shape index (κ2) is 5.05. The summed E-state index contributed by atoms with van der Waals surface area (Å²) >= 11 is 1.56. The Hall–Kier alpha value is -1.75. The third-order valence-corrected chi connectivity index (χ3v) is 3.05. The van der Waals surface area contributed by atoms with Crippen molar-refractivity contribution >= 4 is 22.9 Å². The second-order valence-electron chi connectivity index (χ2n) is 3.77. The molecule has 0 aliphatic heterocycles. The van der Waals surface area contributed by atoms with Gasteiger partial charge in [-0.3, -0.25) is 4.79 Å². The van der Waals surface area contributed by atoms with E-state index in [-0.39, 0.29) is 5.78 Å². The number of thiazole rings is 1.